The van der Waals surface area contributed by atoms with E-state index in [2.05, 4.69) is 52.7 Å². The lowest BCUT2D eigenvalue weighted by molar-refractivity contribution is 0.181. The minimum atomic E-state index is 0.603. The average Bonchev–Trinajstić information content (AvgIpc) is 2.75. The molecule has 1 heterocycles. The van der Waals surface area contributed by atoms with E-state index in [-0.39, 0.29) is 0 Å². The van der Waals surface area contributed by atoms with Crippen LogP contribution in [0.2, 0.25) is 0 Å². The lowest BCUT2D eigenvalue weighted by Crippen LogP contribution is -2.44. The number of nitrogens with one attached hydrogen (secondary N) is 1. The van der Waals surface area contributed by atoms with Gasteiger partial charge in [-0.2, -0.15) is 0 Å². The Bertz CT molecular complexity index is 426. The standard InChI is InChI=1S/C18H26N2/c1-3-8-16(9-4-1)14-17-15-20(13-7-12-19-17)18-10-5-2-6-11-18/h1-5,8-9,17-19H,6-7,10-15H2. The highest BCUT2D eigenvalue weighted by Crippen LogP contribution is 2.19. The van der Waals surface area contributed by atoms with Crippen molar-refractivity contribution in [3.63, 3.8) is 0 Å². The van der Waals surface area contributed by atoms with Crippen LogP contribution in [0.25, 0.3) is 0 Å². The van der Waals surface area contributed by atoms with Gasteiger partial charge >= 0.3 is 0 Å². The van der Waals surface area contributed by atoms with E-state index in [1.54, 1.807) is 0 Å². The van der Waals surface area contributed by atoms with Crippen LogP contribution in [0.15, 0.2) is 42.5 Å². The fraction of sp³-hybridized carbons (Fsp3) is 0.556. The largest absolute Gasteiger partial charge is 0.312 e. The molecule has 108 valence electrons. The van der Waals surface area contributed by atoms with Crippen molar-refractivity contribution in [3.05, 3.63) is 48.0 Å². The fourth-order valence-corrected chi connectivity index (χ4v) is 3.50. The summed E-state index contributed by atoms with van der Waals surface area (Å²) in [6, 6.07) is 12.3. The highest BCUT2D eigenvalue weighted by Gasteiger charge is 2.24. The smallest absolute Gasteiger partial charge is 0.0235 e. The van der Waals surface area contributed by atoms with Crippen LogP contribution in [0.5, 0.6) is 0 Å². The molecule has 1 aromatic carbocycles. The first-order chi connectivity index (χ1) is 9.92. The van der Waals surface area contributed by atoms with Crippen LogP contribution in [0, 0.1) is 0 Å². The van der Waals surface area contributed by atoms with Crippen molar-refractivity contribution in [3.8, 4) is 0 Å². The van der Waals surface area contributed by atoms with Crippen molar-refractivity contribution in [2.75, 3.05) is 19.6 Å². The van der Waals surface area contributed by atoms with Crippen LogP contribution < -0.4 is 5.32 Å². The molecule has 2 unspecified atom stereocenters. The minimum absolute atomic E-state index is 0.603. The van der Waals surface area contributed by atoms with Crippen molar-refractivity contribution in [1.29, 1.82) is 0 Å². The Balaban J connectivity index is 1.61. The lowest BCUT2D eigenvalue weighted by Gasteiger charge is -2.33. The van der Waals surface area contributed by atoms with Crippen molar-refractivity contribution < 1.29 is 0 Å². The first-order valence-corrected chi connectivity index (χ1v) is 8.08. The highest BCUT2D eigenvalue weighted by atomic mass is 15.2. The molecule has 1 aliphatic heterocycles. The van der Waals surface area contributed by atoms with Crippen molar-refractivity contribution in [2.45, 2.75) is 44.2 Å². The number of hydrogen-bond acceptors (Lipinski definition) is 2. The van der Waals surface area contributed by atoms with Gasteiger partial charge in [0, 0.05) is 18.6 Å². The number of allylic oxidation sites excluding steroid dienone is 1. The molecule has 2 nitrogen and oxygen atoms in total. The predicted octanol–water partition coefficient (Wildman–Crippen LogP) is 3.00. The molecule has 0 amide bonds. The van der Waals surface area contributed by atoms with Crippen molar-refractivity contribution >= 4 is 0 Å². The summed E-state index contributed by atoms with van der Waals surface area (Å²) in [6.45, 7) is 3.63. The molecule has 2 aliphatic rings. The lowest BCUT2D eigenvalue weighted by atomic mass is 9.99. The zero-order valence-corrected chi connectivity index (χ0v) is 12.3. The summed E-state index contributed by atoms with van der Waals surface area (Å²) in [5, 5.41) is 3.74. The zero-order chi connectivity index (χ0) is 13.6. The summed E-state index contributed by atoms with van der Waals surface area (Å²) < 4.78 is 0. The van der Waals surface area contributed by atoms with Crippen molar-refractivity contribution in [2.24, 2.45) is 0 Å². The first kappa shape index (κ1) is 13.8. The molecule has 0 radical (unpaired) electrons. The molecule has 1 saturated heterocycles. The Labute approximate surface area is 122 Å². The van der Waals surface area contributed by atoms with Crippen LogP contribution >= 0.6 is 0 Å². The van der Waals surface area contributed by atoms with Crippen LogP contribution in [0.3, 0.4) is 0 Å². The molecule has 1 aromatic rings. The summed E-state index contributed by atoms with van der Waals surface area (Å²) in [5.74, 6) is 0. The van der Waals surface area contributed by atoms with Gasteiger partial charge in [-0.05, 0) is 50.8 Å². The molecule has 1 N–H and O–H groups in total. The quantitative estimate of drug-likeness (QED) is 0.849. The number of hydrogen-bond donors (Lipinski definition) is 1. The Morgan fingerprint density at radius 2 is 2.05 bits per heavy atom. The average molecular weight is 270 g/mol. The summed E-state index contributed by atoms with van der Waals surface area (Å²) in [6.07, 6.45) is 11.0. The Morgan fingerprint density at radius 3 is 2.85 bits per heavy atom. The monoisotopic (exact) mass is 270 g/mol. The molecule has 0 aromatic heterocycles. The molecule has 0 bridgehead atoms. The Hall–Kier alpha value is -1.12. The molecule has 2 atom stereocenters. The molecule has 20 heavy (non-hydrogen) atoms. The fourth-order valence-electron chi connectivity index (χ4n) is 3.50. The van der Waals surface area contributed by atoms with E-state index >= 15 is 0 Å². The molecular formula is C18H26N2. The van der Waals surface area contributed by atoms with Crippen molar-refractivity contribution in [1.82, 2.24) is 10.2 Å². The second kappa shape index (κ2) is 7.05. The first-order valence-electron chi connectivity index (χ1n) is 8.08. The molecular weight excluding hydrogens is 244 g/mol. The van der Waals surface area contributed by atoms with Gasteiger partial charge in [-0.1, -0.05) is 42.5 Å². The summed E-state index contributed by atoms with van der Waals surface area (Å²) in [5.41, 5.74) is 1.45. The molecule has 0 spiro atoms. The van der Waals surface area contributed by atoms with E-state index < -0.39 is 0 Å². The maximum absolute atomic E-state index is 3.74. The number of benzene rings is 1. The second-order valence-electron chi connectivity index (χ2n) is 6.13. The number of rotatable bonds is 3. The third kappa shape index (κ3) is 3.71. The summed E-state index contributed by atoms with van der Waals surface area (Å²) in [7, 11) is 0. The third-order valence-corrected chi connectivity index (χ3v) is 4.59. The second-order valence-corrected chi connectivity index (χ2v) is 6.13. The highest BCUT2D eigenvalue weighted by molar-refractivity contribution is 5.16. The SMILES string of the molecule is C1=CCC(N2CCCNC(Cc3ccccc3)C2)CC1. The van der Waals surface area contributed by atoms with Crippen LogP contribution in [0.1, 0.15) is 31.2 Å². The van der Waals surface area contributed by atoms with Crippen LogP contribution in [-0.2, 0) is 6.42 Å². The van der Waals surface area contributed by atoms with Gasteiger partial charge in [0.25, 0.3) is 0 Å². The Kier molecular flexibility index (Phi) is 4.88. The molecule has 3 rings (SSSR count). The molecule has 1 aliphatic carbocycles. The summed E-state index contributed by atoms with van der Waals surface area (Å²) in [4.78, 5) is 2.73. The topological polar surface area (TPSA) is 15.3 Å². The summed E-state index contributed by atoms with van der Waals surface area (Å²) >= 11 is 0. The minimum Gasteiger partial charge on any atom is -0.312 e. The van der Waals surface area contributed by atoms with Gasteiger partial charge in [0.05, 0.1) is 0 Å². The van der Waals surface area contributed by atoms with Gasteiger partial charge in [-0.15, -0.1) is 0 Å². The van der Waals surface area contributed by atoms with Gasteiger partial charge < -0.3 is 5.32 Å². The van der Waals surface area contributed by atoms with E-state index in [1.165, 1.54) is 44.3 Å². The van der Waals surface area contributed by atoms with Crippen LogP contribution in [0.4, 0.5) is 0 Å². The third-order valence-electron chi connectivity index (χ3n) is 4.59. The maximum atomic E-state index is 3.74. The normalized spacial score (nSPS) is 28.2. The molecule has 2 heteroatoms. The van der Waals surface area contributed by atoms with Gasteiger partial charge in [0.15, 0.2) is 0 Å². The van der Waals surface area contributed by atoms with E-state index in [9.17, 15) is 0 Å². The van der Waals surface area contributed by atoms with Crippen LogP contribution in [-0.4, -0.2) is 36.6 Å². The van der Waals surface area contributed by atoms with Gasteiger partial charge in [0.2, 0.25) is 0 Å². The van der Waals surface area contributed by atoms with E-state index in [0.29, 0.717) is 6.04 Å². The molecule has 1 fully saturated rings. The molecule has 0 saturated carbocycles. The van der Waals surface area contributed by atoms with Gasteiger partial charge in [-0.3, -0.25) is 4.90 Å². The Morgan fingerprint density at radius 1 is 1.15 bits per heavy atom. The predicted molar refractivity (Wildman–Crippen MR) is 84.9 cm³/mol. The van der Waals surface area contributed by atoms with E-state index in [4.69, 9.17) is 0 Å². The maximum Gasteiger partial charge on any atom is 0.0235 e. The van der Waals surface area contributed by atoms with Gasteiger partial charge in [0.1, 0.15) is 0 Å². The van der Waals surface area contributed by atoms with Gasteiger partial charge in [-0.25, -0.2) is 0 Å². The zero-order valence-electron chi connectivity index (χ0n) is 12.3. The van der Waals surface area contributed by atoms with E-state index in [1.807, 2.05) is 0 Å². The van der Waals surface area contributed by atoms with E-state index in [0.717, 1.165) is 19.0 Å². The number of nitrogens with zero attached hydrogens (tertiary/aromatic N) is 1.